The number of hydrogen-bond acceptors (Lipinski definition) is 4. The van der Waals surface area contributed by atoms with Crippen molar-refractivity contribution in [2.24, 2.45) is 0 Å². The van der Waals surface area contributed by atoms with Crippen molar-refractivity contribution in [2.75, 3.05) is 6.54 Å². The molecule has 0 spiro atoms. The van der Waals surface area contributed by atoms with Gasteiger partial charge in [-0.05, 0) is 25.1 Å². The molecule has 108 valence electrons. The maximum absolute atomic E-state index is 11.9. The Balaban J connectivity index is 1.58. The second-order valence-corrected chi connectivity index (χ2v) is 6.10. The van der Waals surface area contributed by atoms with E-state index in [1.54, 1.807) is 28.8 Å². The summed E-state index contributed by atoms with van der Waals surface area (Å²) in [5, 5.41) is 8.78. The van der Waals surface area contributed by atoms with Crippen LogP contribution < -0.4 is 5.32 Å². The van der Waals surface area contributed by atoms with Gasteiger partial charge in [0.25, 0.3) is 5.91 Å². The van der Waals surface area contributed by atoms with E-state index in [2.05, 4.69) is 15.4 Å². The number of amides is 1. The minimum absolute atomic E-state index is 0.130. The second-order valence-electron chi connectivity index (χ2n) is 4.62. The van der Waals surface area contributed by atoms with Crippen LogP contribution in [0.1, 0.15) is 21.1 Å². The van der Waals surface area contributed by atoms with Gasteiger partial charge in [-0.2, -0.15) is 5.10 Å². The Morgan fingerprint density at radius 3 is 3.10 bits per heavy atom. The van der Waals surface area contributed by atoms with E-state index in [1.165, 1.54) is 11.3 Å². The largest absolute Gasteiger partial charge is 0.352 e. The van der Waals surface area contributed by atoms with Gasteiger partial charge in [-0.15, -0.1) is 0 Å². The third kappa shape index (κ3) is 3.22. The predicted molar refractivity (Wildman–Crippen MR) is 83.1 cm³/mol. The molecule has 3 rings (SSSR count). The van der Waals surface area contributed by atoms with Crippen LogP contribution in [0.5, 0.6) is 0 Å². The Hall–Kier alpha value is -1.92. The molecule has 2 aromatic heterocycles. The highest BCUT2D eigenvalue weighted by molar-refractivity contribution is 7.16. The Labute approximate surface area is 130 Å². The van der Waals surface area contributed by atoms with Crippen LogP contribution in [0.25, 0.3) is 4.96 Å². The van der Waals surface area contributed by atoms with Crippen LogP contribution in [0.2, 0.25) is 5.02 Å². The van der Waals surface area contributed by atoms with Crippen molar-refractivity contribution >= 4 is 33.8 Å². The lowest BCUT2D eigenvalue weighted by Crippen LogP contribution is -2.25. The van der Waals surface area contributed by atoms with E-state index < -0.39 is 0 Å². The zero-order valence-electron chi connectivity index (χ0n) is 11.3. The van der Waals surface area contributed by atoms with Crippen LogP contribution >= 0.6 is 22.9 Å². The number of nitrogens with one attached hydrogen (secondary N) is 1. The third-order valence-electron chi connectivity index (χ3n) is 2.92. The number of halogens is 1. The van der Waals surface area contributed by atoms with Gasteiger partial charge in [-0.25, -0.2) is 9.50 Å². The smallest absolute Gasteiger partial charge is 0.251 e. The highest BCUT2D eigenvalue weighted by atomic mass is 35.5. The van der Waals surface area contributed by atoms with E-state index >= 15 is 0 Å². The SMILES string of the molecule is Cc1cn2nc(CCNC(=O)c3cccc(Cl)c3)sc2n1. The number of imidazole rings is 1. The molecule has 5 nitrogen and oxygen atoms in total. The van der Waals surface area contributed by atoms with Gasteiger partial charge < -0.3 is 5.32 Å². The topological polar surface area (TPSA) is 59.3 Å². The molecule has 0 radical (unpaired) electrons. The molecule has 2 heterocycles. The molecule has 0 aliphatic carbocycles. The third-order valence-corrected chi connectivity index (χ3v) is 4.13. The Kier molecular flexibility index (Phi) is 3.90. The maximum Gasteiger partial charge on any atom is 0.251 e. The zero-order chi connectivity index (χ0) is 14.8. The molecule has 0 aliphatic rings. The molecule has 7 heteroatoms. The number of benzene rings is 1. The number of aromatic nitrogens is 3. The van der Waals surface area contributed by atoms with Gasteiger partial charge in [-0.3, -0.25) is 4.79 Å². The molecular formula is C14H13ClN4OS. The Bertz CT molecular complexity index is 764. The molecule has 3 aromatic rings. The molecular weight excluding hydrogens is 308 g/mol. The lowest BCUT2D eigenvalue weighted by atomic mass is 10.2. The first-order chi connectivity index (χ1) is 10.1. The Morgan fingerprint density at radius 1 is 1.48 bits per heavy atom. The van der Waals surface area contributed by atoms with E-state index in [4.69, 9.17) is 11.6 Å². The number of rotatable bonds is 4. The van der Waals surface area contributed by atoms with E-state index in [0.717, 1.165) is 15.7 Å². The van der Waals surface area contributed by atoms with Crippen molar-refractivity contribution < 1.29 is 4.79 Å². The molecule has 0 bridgehead atoms. The van der Waals surface area contributed by atoms with Crippen LogP contribution in [-0.2, 0) is 6.42 Å². The molecule has 1 amide bonds. The summed E-state index contributed by atoms with van der Waals surface area (Å²) in [6.45, 7) is 2.47. The summed E-state index contributed by atoms with van der Waals surface area (Å²) in [6.07, 6.45) is 2.57. The summed E-state index contributed by atoms with van der Waals surface area (Å²) >= 11 is 7.40. The average molecular weight is 321 g/mol. The average Bonchev–Trinajstić information content (AvgIpc) is 2.95. The fourth-order valence-corrected chi connectivity index (χ4v) is 3.08. The van der Waals surface area contributed by atoms with E-state index in [9.17, 15) is 4.79 Å². The van der Waals surface area contributed by atoms with Crippen LogP contribution in [0.4, 0.5) is 0 Å². The molecule has 0 fully saturated rings. The van der Waals surface area contributed by atoms with Gasteiger partial charge in [0.15, 0.2) is 0 Å². The number of carbonyl (C=O) groups is 1. The highest BCUT2D eigenvalue weighted by Crippen LogP contribution is 2.14. The lowest BCUT2D eigenvalue weighted by molar-refractivity contribution is 0.0954. The normalized spacial score (nSPS) is 11.0. The van der Waals surface area contributed by atoms with Crippen molar-refractivity contribution in [3.63, 3.8) is 0 Å². The van der Waals surface area contributed by atoms with Crippen molar-refractivity contribution in [3.05, 3.63) is 51.7 Å². The zero-order valence-corrected chi connectivity index (χ0v) is 12.9. The van der Waals surface area contributed by atoms with Gasteiger partial charge in [0, 0.05) is 23.6 Å². The number of hydrogen-bond donors (Lipinski definition) is 1. The highest BCUT2D eigenvalue weighted by Gasteiger charge is 2.08. The van der Waals surface area contributed by atoms with E-state index in [-0.39, 0.29) is 5.91 Å². The molecule has 1 N–H and O–H groups in total. The van der Waals surface area contributed by atoms with Crippen LogP contribution in [0, 0.1) is 6.92 Å². The maximum atomic E-state index is 11.9. The number of aryl methyl sites for hydroxylation is 1. The fraction of sp³-hybridized carbons (Fsp3) is 0.214. The first-order valence-corrected chi connectivity index (χ1v) is 7.67. The monoisotopic (exact) mass is 320 g/mol. The van der Waals surface area contributed by atoms with Crippen molar-refractivity contribution in [1.29, 1.82) is 0 Å². The van der Waals surface area contributed by atoms with E-state index in [0.29, 0.717) is 23.6 Å². The van der Waals surface area contributed by atoms with Gasteiger partial charge in [0.1, 0.15) is 5.01 Å². The standard InChI is InChI=1S/C14H13ClN4OS/c1-9-8-19-14(17-9)21-12(18-19)5-6-16-13(20)10-3-2-4-11(15)7-10/h2-4,7-8H,5-6H2,1H3,(H,16,20). The summed E-state index contributed by atoms with van der Waals surface area (Å²) in [5.41, 5.74) is 1.52. The summed E-state index contributed by atoms with van der Waals surface area (Å²) in [5.74, 6) is -0.130. The molecule has 1 aromatic carbocycles. The van der Waals surface area contributed by atoms with Crippen molar-refractivity contribution in [3.8, 4) is 0 Å². The first kappa shape index (κ1) is 14.0. The van der Waals surface area contributed by atoms with Gasteiger partial charge in [-0.1, -0.05) is 29.0 Å². The number of fused-ring (bicyclic) bond motifs is 1. The summed E-state index contributed by atoms with van der Waals surface area (Å²) < 4.78 is 1.77. The lowest BCUT2D eigenvalue weighted by Gasteiger charge is -2.03. The fourth-order valence-electron chi connectivity index (χ4n) is 1.97. The van der Waals surface area contributed by atoms with Crippen LogP contribution in [0.3, 0.4) is 0 Å². The molecule has 0 saturated heterocycles. The van der Waals surface area contributed by atoms with Crippen LogP contribution in [-0.4, -0.2) is 27.0 Å². The van der Waals surface area contributed by atoms with Gasteiger partial charge in [0.2, 0.25) is 4.96 Å². The minimum atomic E-state index is -0.130. The molecule has 0 aliphatic heterocycles. The van der Waals surface area contributed by atoms with Gasteiger partial charge in [0.05, 0.1) is 11.9 Å². The molecule has 0 unspecified atom stereocenters. The quantitative estimate of drug-likeness (QED) is 0.804. The predicted octanol–water partition coefficient (Wildman–Crippen LogP) is 2.73. The number of nitrogens with zero attached hydrogens (tertiary/aromatic N) is 3. The number of carbonyl (C=O) groups excluding carboxylic acids is 1. The Morgan fingerprint density at radius 2 is 2.33 bits per heavy atom. The van der Waals surface area contributed by atoms with Crippen LogP contribution in [0.15, 0.2) is 30.5 Å². The molecule has 21 heavy (non-hydrogen) atoms. The first-order valence-electron chi connectivity index (χ1n) is 6.47. The van der Waals surface area contributed by atoms with Crippen molar-refractivity contribution in [1.82, 2.24) is 19.9 Å². The summed E-state index contributed by atoms with van der Waals surface area (Å²) in [6, 6.07) is 6.89. The van der Waals surface area contributed by atoms with Crippen molar-refractivity contribution in [2.45, 2.75) is 13.3 Å². The summed E-state index contributed by atoms with van der Waals surface area (Å²) in [4.78, 5) is 17.2. The van der Waals surface area contributed by atoms with Gasteiger partial charge >= 0.3 is 0 Å². The second kappa shape index (κ2) is 5.83. The minimum Gasteiger partial charge on any atom is -0.352 e. The molecule has 0 atom stereocenters. The van der Waals surface area contributed by atoms with E-state index in [1.807, 2.05) is 13.1 Å². The molecule has 0 saturated carbocycles. The summed E-state index contributed by atoms with van der Waals surface area (Å²) in [7, 11) is 0.